The molecule has 7 heteroatoms. The SMILES string of the molecule is Cc1csc(C2(NC(=O)CC3CC4CCC(C3)N4)CCCC2)n1.Cl.Cl. The molecule has 3 aliphatic rings. The van der Waals surface area contributed by atoms with Crippen LogP contribution in [0.5, 0.6) is 0 Å². The van der Waals surface area contributed by atoms with Gasteiger partial charge in [-0.15, -0.1) is 36.2 Å². The van der Waals surface area contributed by atoms with Crippen LogP contribution < -0.4 is 10.6 Å². The smallest absolute Gasteiger partial charge is 0.221 e. The molecule has 0 spiro atoms. The molecule has 1 amide bonds. The van der Waals surface area contributed by atoms with E-state index in [9.17, 15) is 4.79 Å². The summed E-state index contributed by atoms with van der Waals surface area (Å²) in [5.74, 6) is 0.802. The number of hydrogen-bond donors (Lipinski definition) is 2. The van der Waals surface area contributed by atoms with Crippen LogP contribution in [-0.4, -0.2) is 23.0 Å². The first kappa shape index (κ1) is 20.9. The van der Waals surface area contributed by atoms with E-state index >= 15 is 0 Å². The molecule has 2 N–H and O–H groups in total. The summed E-state index contributed by atoms with van der Waals surface area (Å²) in [7, 11) is 0. The van der Waals surface area contributed by atoms with Gasteiger partial charge in [0.25, 0.3) is 0 Å². The first-order valence-electron chi connectivity index (χ1n) is 9.13. The summed E-state index contributed by atoms with van der Waals surface area (Å²) in [6, 6.07) is 1.32. The number of nitrogens with zero attached hydrogens (tertiary/aromatic N) is 1. The predicted octanol–water partition coefficient (Wildman–Crippen LogP) is 4.10. The minimum absolute atomic E-state index is 0. The zero-order valence-electron chi connectivity index (χ0n) is 14.8. The Morgan fingerprint density at radius 3 is 2.48 bits per heavy atom. The van der Waals surface area contributed by atoms with Crippen molar-refractivity contribution in [1.29, 1.82) is 0 Å². The number of carbonyl (C=O) groups excluding carboxylic acids is 1. The lowest BCUT2D eigenvalue weighted by atomic mass is 9.88. The Balaban J connectivity index is 0.00000113. The first-order valence-corrected chi connectivity index (χ1v) is 10.0. The second-order valence-electron chi connectivity index (χ2n) is 7.81. The topological polar surface area (TPSA) is 54.0 Å². The maximum atomic E-state index is 12.7. The molecule has 3 fully saturated rings. The summed E-state index contributed by atoms with van der Waals surface area (Å²) in [5.41, 5.74) is 0.891. The highest BCUT2D eigenvalue weighted by atomic mass is 35.5. The number of aryl methyl sites for hydroxylation is 1. The van der Waals surface area contributed by atoms with Crippen molar-refractivity contribution in [3.63, 3.8) is 0 Å². The number of fused-ring (bicyclic) bond motifs is 2. The molecule has 1 aromatic heterocycles. The molecule has 2 aliphatic heterocycles. The van der Waals surface area contributed by atoms with Crippen molar-refractivity contribution in [3.8, 4) is 0 Å². The standard InChI is InChI=1S/C18H27N3OS.2ClH/c1-12-11-23-17(19-12)18(6-2-3-7-18)21-16(22)10-13-8-14-4-5-15(9-13)20-14;;/h11,13-15,20H,2-10H2,1H3,(H,21,22);2*1H. The van der Waals surface area contributed by atoms with Gasteiger partial charge in [-0.3, -0.25) is 4.79 Å². The first-order chi connectivity index (χ1) is 11.1. The highest BCUT2D eigenvalue weighted by molar-refractivity contribution is 7.09. The number of rotatable bonds is 4. The van der Waals surface area contributed by atoms with Crippen LogP contribution in [0.4, 0.5) is 0 Å². The maximum Gasteiger partial charge on any atom is 0.221 e. The van der Waals surface area contributed by atoms with E-state index in [1.807, 2.05) is 6.92 Å². The van der Waals surface area contributed by atoms with Gasteiger partial charge in [-0.2, -0.15) is 0 Å². The predicted molar refractivity (Wildman–Crippen MR) is 107 cm³/mol. The fourth-order valence-electron chi connectivity index (χ4n) is 4.87. The van der Waals surface area contributed by atoms with Gasteiger partial charge < -0.3 is 10.6 Å². The Bertz CT molecular complexity index is 577. The Morgan fingerprint density at radius 2 is 1.92 bits per heavy atom. The molecule has 1 saturated carbocycles. The molecule has 4 rings (SSSR count). The monoisotopic (exact) mass is 405 g/mol. The fourth-order valence-corrected chi connectivity index (χ4v) is 5.88. The molecule has 1 aliphatic carbocycles. The van der Waals surface area contributed by atoms with Crippen LogP contribution in [0.1, 0.15) is 68.5 Å². The average molecular weight is 406 g/mol. The Hall–Kier alpha value is -0.360. The third-order valence-corrected chi connectivity index (χ3v) is 7.07. The maximum absolute atomic E-state index is 12.7. The number of aromatic nitrogens is 1. The number of thiazole rings is 1. The number of hydrogen-bond acceptors (Lipinski definition) is 4. The molecular formula is C18H29Cl2N3OS. The van der Waals surface area contributed by atoms with E-state index in [0.29, 0.717) is 24.4 Å². The minimum atomic E-state index is -0.179. The minimum Gasteiger partial charge on any atom is -0.344 e. The molecule has 2 unspecified atom stereocenters. The van der Waals surface area contributed by atoms with E-state index in [-0.39, 0.29) is 36.3 Å². The largest absolute Gasteiger partial charge is 0.344 e. The molecule has 2 atom stereocenters. The molecule has 0 radical (unpaired) electrons. The molecule has 3 heterocycles. The molecular weight excluding hydrogens is 377 g/mol. The summed E-state index contributed by atoms with van der Waals surface area (Å²) in [5, 5.41) is 10.3. The summed E-state index contributed by atoms with van der Waals surface area (Å²) >= 11 is 1.71. The van der Waals surface area contributed by atoms with Gasteiger partial charge >= 0.3 is 0 Å². The summed E-state index contributed by atoms with van der Waals surface area (Å²) < 4.78 is 0. The molecule has 142 valence electrons. The number of nitrogens with one attached hydrogen (secondary N) is 2. The number of carbonyl (C=O) groups is 1. The van der Waals surface area contributed by atoms with E-state index in [0.717, 1.165) is 23.5 Å². The van der Waals surface area contributed by atoms with E-state index in [2.05, 4.69) is 16.0 Å². The van der Waals surface area contributed by atoms with Crippen LogP contribution in [0.25, 0.3) is 0 Å². The molecule has 1 aromatic rings. The van der Waals surface area contributed by atoms with Gasteiger partial charge in [0, 0.05) is 29.6 Å². The van der Waals surface area contributed by atoms with Crippen molar-refractivity contribution in [3.05, 3.63) is 16.1 Å². The van der Waals surface area contributed by atoms with Crippen LogP contribution in [0.15, 0.2) is 5.38 Å². The van der Waals surface area contributed by atoms with Gasteiger partial charge in [-0.05, 0) is 51.4 Å². The third kappa shape index (κ3) is 4.49. The lowest BCUT2D eigenvalue weighted by molar-refractivity contribution is -0.124. The second kappa shape index (κ2) is 8.55. The number of halogens is 2. The Kier molecular flexibility index (Phi) is 7.17. The van der Waals surface area contributed by atoms with Crippen molar-refractivity contribution in [1.82, 2.24) is 15.6 Å². The Morgan fingerprint density at radius 1 is 1.28 bits per heavy atom. The van der Waals surface area contributed by atoms with Crippen LogP contribution in [-0.2, 0) is 10.3 Å². The zero-order valence-corrected chi connectivity index (χ0v) is 17.2. The van der Waals surface area contributed by atoms with Crippen LogP contribution in [0.3, 0.4) is 0 Å². The lowest BCUT2D eigenvalue weighted by Gasteiger charge is -2.32. The van der Waals surface area contributed by atoms with E-state index in [4.69, 9.17) is 4.98 Å². The molecule has 25 heavy (non-hydrogen) atoms. The Labute approximate surface area is 166 Å². The molecule has 2 saturated heterocycles. The van der Waals surface area contributed by atoms with E-state index in [1.54, 1.807) is 11.3 Å². The van der Waals surface area contributed by atoms with Gasteiger partial charge in [0.15, 0.2) is 0 Å². The fraction of sp³-hybridized carbons (Fsp3) is 0.778. The van der Waals surface area contributed by atoms with Crippen molar-refractivity contribution in [2.24, 2.45) is 5.92 Å². The third-order valence-electron chi connectivity index (χ3n) is 5.91. The van der Waals surface area contributed by atoms with Crippen molar-refractivity contribution in [2.45, 2.75) is 82.3 Å². The van der Waals surface area contributed by atoms with Gasteiger partial charge in [-0.25, -0.2) is 4.98 Å². The van der Waals surface area contributed by atoms with Gasteiger partial charge in [0.05, 0.1) is 5.54 Å². The highest BCUT2D eigenvalue weighted by Crippen LogP contribution is 2.40. The van der Waals surface area contributed by atoms with Crippen LogP contribution >= 0.6 is 36.2 Å². The molecule has 0 aromatic carbocycles. The summed E-state index contributed by atoms with van der Waals surface area (Å²) in [4.78, 5) is 17.4. The van der Waals surface area contributed by atoms with Gasteiger partial charge in [-0.1, -0.05) is 12.8 Å². The van der Waals surface area contributed by atoms with Crippen molar-refractivity contribution in [2.75, 3.05) is 0 Å². The molecule has 4 nitrogen and oxygen atoms in total. The molecule has 2 bridgehead atoms. The zero-order chi connectivity index (χ0) is 15.9. The normalized spacial score (nSPS) is 29.6. The lowest BCUT2D eigenvalue weighted by Crippen LogP contribution is -2.45. The number of piperidine rings is 1. The van der Waals surface area contributed by atoms with Crippen LogP contribution in [0, 0.1) is 12.8 Å². The summed E-state index contributed by atoms with van der Waals surface area (Å²) in [6.45, 7) is 2.04. The number of amides is 1. The van der Waals surface area contributed by atoms with Crippen molar-refractivity contribution < 1.29 is 4.79 Å². The van der Waals surface area contributed by atoms with Crippen molar-refractivity contribution >= 4 is 42.1 Å². The average Bonchev–Trinajstić information content (AvgIpc) is 3.21. The van der Waals surface area contributed by atoms with Gasteiger partial charge in [0.1, 0.15) is 5.01 Å². The summed E-state index contributed by atoms with van der Waals surface area (Å²) in [6.07, 6.45) is 10.1. The van der Waals surface area contributed by atoms with E-state index in [1.165, 1.54) is 38.5 Å². The second-order valence-corrected chi connectivity index (χ2v) is 8.67. The van der Waals surface area contributed by atoms with E-state index < -0.39 is 0 Å². The highest BCUT2D eigenvalue weighted by Gasteiger charge is 2.40. The quantitative estimate of drug-likeness (QED) is 0.792. The van der Waals surface area contributed by atoms with Gasteiger partial charge in [0.2, 0.25) is 5.91 Å². The van der Waals surface area contributed by atoms with Crippen LogP contribution in [0.2, 0.25) is 0 Å².